The Morgan fingerprint density at radius 1 is 1.06 bits per heavy atom. The number of fused-ring (bicyclic) bond motifs is 2. The van der Waals surface area contributed by atoms with Gasteiger partial charge in [-0.15, -0.1) is 8.78 Å². The van der Waals surface area contributed by atoms with Crippen molar-refractivity contribution in [3.63, 3.8) is 0 Å². The number of ether oxygens (including phenoxy) is 2. The number of pyridine rings is 1. The average molecular weight is 471 g/mol. The minimum atomic E-state index is -3.77. The van der Waals surface area contributed by atoms with Crippen molar-refractivity contribution in [1.82, 2.24) is 9.97 Å². The van der Waals surface area contributed by atoms with Crippen LogP contribution in [-0.2, 0) is 10.0 Å². The molecular weight excluding hydrogens is 456 g/mol. The molecule has 4 aromatic rings. The molecule has 168 valence electrons. The molecule has 2 aromatic carbocycles. The highest BCUT2D eigenvalue weighted by atomic mass is 32.2. The van der Waals surface area contributed by atoms with E-state index in [-0.39, 0.29) is 22.6 Å². The highest BCUT2D eigenvalue weighted by molar-refractivity contribution is 7.92. The summed E-state index contributed by atoms with van der Waals surface area (Å²) < 4.78 is 60.9. The Morgan fingerprint density at radius 3 is 2.64 bits per heavy atom. The standard InChI is InChI=1S/C22H15F2N3O5S/c1-33(29,30)27-15-4-2-3-12(7-15)14-8-16-17(11-26-21(16)25-10-14)20(28)13-5-6-18-19(9-13)32-22(23,24)31-18/h2-11,27H,1H3,(H,25,26). The molecular formula is C22H15F2N3O5S. The largest absolute Gasteiger partial charge is 0.586 e. The van der Waals surface area contributed by atoms with Gasteiger partial charge in [-0.1, -0.05) is 12.1 Å². The Morgan fingerprint density at radius 2 is 1.85 bits per heavy atom. The van der Waals surface area contributed by atoms with Gasteiger partial charge >= 0.3 is 6.29 Å². The van der Waals surface area contributed by atoms with Crippen molar-refractivity contribution >= 4 is 32.5 Å². The van der Waals surface area contributed by atoms with E-state index in [0.29, 0.717) is 27.8 Å². The summed E-state index contributed by atoms with van der Waals surface area (Å²) in [6.45, 7) is 0. The topological polar surface area (TPSA) is 110 Å². The number of rotatable bonds is 5. The molecule has 0 unspecified atom stereocenters. The highest BCUT2D eigenvalue weighted by Crippen LogP contribution is 2.41. The van der Waals surface area contributed by atoms with Gasteiger partial charge in [-0.2, -0.15) is 0 Å². The fraction of sp³-hybridized carbons (Fsp3) is 0.0909. The zero-order chi connectivity index (χ0) is 23.4. The molecule has 2 N–H and O–H groups in total. The third-order valence-electron chi connectivity index (χ3n) is 4.94. The number of aromatic amines is 1. The lowest BCUT2D eigenvalue weighted by molar-refractivity contribution is -0.286. The monoisotopic (exact) mass is 471 g/mol. The Bertz CT molecular complexity index is 1530. The van der Waals surface area contributed by atoms with Gasteiger partial charge in [-0.3, -0.25) is 9.52 Å². The van der Waals surface area contributed by atoms with Crippen LogP contribution in [0.1, 0.15) is 15.9 Å². The zero-order valence-corrected chi connectivity index (χ0v) is 17.7. The Hall–Kier alpha value is -3.99. The molecule has 0 radical (unpaired) electrons. The van der Waals surface area contributed by atoms with Crippen LogP contribution in [0.25, 0.3) is 22.2 Å². The van der Waals surface area contributed by atoms with Crippen molar-refractivity contribution in [2.45, 2.75) is 6.29 Å². The van der Waals surface area contributed by atoms with E-state index in [1.54, 1.807) is 36.5 Å². The van der Waals surface area contributed by atoms with Crippen LogP contribution in [-0.4, -0.2) is 36.7 Å². The number of sulfonamides is 1. The number of carbonyl (C=O) groups is 1. The number of nitrogens with one attached hydrogen (secondary N) is 2. The first kappa shape index (κ1) is 20.9. The van der Waals surface area contributed by atoms with Gasteiger partial charge in [0.25, 0.3) is 0 Å². The molecule has 11 heteroatoms. The molecule has 3 heterocycles. The maximum absolute atomic E-state index is 13.3. The number of anilines is 1. The van der Waals surface area contributed by atoms with Crippen LogP contribution in [0.2, 0.25) is 0 Å². The van der Waals surface area contributed by atoms with E-state index in [0.717, 1.165) is 6.26 Å². The lowest BCUT2D eigenvalue weighted by atomic mass is 10.0. The number of carbonyl (C=O) groups excluding carboxylic acids is 1. The molecule has 33 heavy (non-hydrogen) atoms. The molecule has 0 aliphatic carbocycles. The van der Waals surface area contributed by atoms with Crippen molar-refractivity contribution in [2.24, 2.45) is 0 Å². The maximum Gasteiger partial charge on any atom is 0.586 e. The van der Waals surface area contributed by atoms with E-state index in [9.17, 15) is 22.0 Å². The molecule has 0 amide bonds. The Kier molecular flexibility index (Phi) is 4.60. The van der Waals surface area contributed by atoms with Crippen molar-refractivity contribution in [3.05, 3.63) is 72.1 Å². The van der Waals surface area contributed by atoms with Gasteiger partial charge in [-0.05, 0) is 42.0 Å². The SMILES string of the molecule is CS(=O)(=O)Nc1cccc(-c2cnc3[nH]cc(C(=O)c4ccc5c(c4)OC(F)(F)O5)c3c2)c1. The van der Waals surface area contributed by atoms with E-state index in [1.165, 1.54) is 24.4 Å². The predicted molar refractivity (Wildman–Crippen MR) is 116 cm³/mol. The van der Waals surface area contributed by atoms with Gasteiger partial charge in [0.1, 0.15) is 5.65 Å². The molecule has 8 nitrogen and oxygen atoms in total. The average Bonchev–Trinajstić information content (AvgIpc) is 3.30. The van der Waals surface area contributed by atoms with Gasteiger partial charge in [0.15, 0.2) is 17.3 Å². The third-order valence-corrected chi connectivity index (χ3v) is 5.54. The molecule has 0 atom stereocenters. The molecule has 5 rings (SSSR count). The van der Waals surface area contributed by atoms with Crippen LogP contribution in [0, 0.1) is 0 Å². The fourth-order valence-electron chi connectivity index (χ4n) is 3.57. The minimum absolute atomic E-state index is 0.140. The number of halogens is 2. The Labute approximate surface area is 186 Å². The molecule has 0 bridgehead atoms. The van der Waals surface area contributed by atoms with Crippen LogP contribution < -0.4 is 14.2 Å². The zero-order valence-electron chi connectivity index (χ0n) is 16.9. The normalized spacial score (nSPS) is 14.4. The van der Waals surface area contributed by atoms with Crippen molar-refractivity contribution in [1.29, 1.82) is 0 Å². The van der Waals surface area contributed by atoms with E-state index in [2.05, 4.69) is 24.2 Å². The number of H-pyrrole nitrogens is 1. The first-order valence-electron chi connectivity index (χ1n) is 9.58. The summed E-state index contributed by atoms with van der Waals surface area (Å²) in [5.41, 5.74) is 2.61. The summed E-state index contributed by atoms with van der Waals surface area (Å²) in [6.07, 6.45) is 0.367. The highest BCUT2D eigenvalue weighted by Gasteiger charge is 2.43. The van der Waals surface area contributed by atoms with Crippen LogP contribution in [0.4, 0.5) is 14.5 Å². The predicted octanol–water partition coefficient (Wildman–Crippen LogP) is 4.15. The molecule has 0 saturated carbocycles. The van der Waals surface area contributed by atoms with Gasteiger partial charge < -0.3 is 14.5 Å². The first-order chi connectivity index (χ1) is 15.6. The smallest absolute Gasteiger partial charge is 0.395 e. The second-order valence-electron chi connectivity index (χ2n) is 7.44. The maximum atomic E-state index is 13.3. The molecule has 1 aliphatic rings. The first-order valence-corrected chi connectivity index (χ1v) is 11.5. The van der Waals surface area contributed by atoms with E-state index in [1.807, 2.05) is 0 Å². The molecule has 0 spiro atoms. The number of alkyl halides is 2. The lowest BCUT2D eigenvalue weighted by Crippen LogP contribution is -2.25. The van der Waals surface area contributed by atoms with Gasteiger partial charge in [-0.25, -0.2) is 13.4 Å². The van der Waals surface area contributed by atoms with Crippen molar-refractivity contribution in [2.75, 3.05) is 11.0 Å². The summed E-state index contributed by atoms with van der Waals surface area (Å²) in [7, 11) is -3.44. The number of aromatic nitrogens is 2. The number of hydrogen-bond donors (Lipinski definition) is 2. The van der Waals surface area contributed by atoms with E-state index in [4.69, 9.17) is 0 Å². The van der Waals surface area contributed by atoms with Crippen molar-refractivity contribution < 1.29 is 31.5 Å². The van der Waals surface area contributed by atoms with E-state index < -0.39 is 22.1 Å². The van der Waals surface area contributed by atoms with Crippen LogP contribution in [0.15, 0.2) is 60.9 Å². The minimum Gasteiger partial charge on any atom is -0.395 e. The fourth-order valence-corrected chi connectivity index (χ4v) is 4.13. The second kappa shape index (κ2) is 7.27. The quantitative estimate of drug-likeness (QED) is 0.423. The lowest BCUT2D eigenvalue weighted by Gasteiger charge is -2.07. The summed E-state index contributed by atoms with van der Waals surface area (Å²) in [6, 6.07) is 12.3. The number of ketones is 1. The Balaban J connectivity index is 1.51. The molecule has 0 fully saturated rings. The second-order valence-corrected chi connectivity index (χ2v) is 9.18. The molecule has 2 aromatic heterocycles. The third kappa shape index (κ3) is 4.10. The van der Waals surface area contributed by atoms with Crippen LogP contribution in [0.5, 0.6) is 11.5 Å². The van der Waals surface area contributed by atoms with Gasteiger partial charge in [0, 0.05) is 40.2 Å². The molecule has 1 aliphatic heterocycles. The van der Waals surface area contributed by atoms with E-state index >= 15 is 0 Å². The number of nitrogens with zero attached hydrogens (tertiary/aromatic N) is 1. The summed E-state index contributed by atoms with van der Waals surface area (Å²) in [4.78, 5) is 20.4. The van der Waals surface area contributed by atoms with Crippen LogP contribution >= 0.6 is 0 Å². The van der Waals surface area contributed by atoms with Gasteiger partial charge in [0.2, 0.25) is 10.0 Å². The van der Waals surface area contributed by atoms with Crippen molar-refractivity contribution in [3.8, 4) is 22.6 Å². The summed E-state index contributed by atoms with van der Waals surface area (Å²) >= 11 is 0. The summed E-state index contributed by atoms with van der Waals surface area (Å²) in [5.74, 6) is -0.795. The van der Waals surface area contributed by atoms with Gasteiger partial charge in [0.05, 0.1) is 6.26 Å². The summed E-state index contributed by atoms with van der Waals surface area (Å²) in [5, 5.41) is 0.516. The number of benzene rings is 2. The molecule has 0 saturated heterocycles. The number of hydrogen-bond acceptors (Lipinski definition) is 6. The van der Waals surface area contributed by atoms with Crippen LogP contribution in [0.3, 0.4) is 0 Å².